The highest BCUT2D eigenvalue weighted by Gasteiger charge is 2.19. The number of hydrogen-bond acceptors (Lipinski definition) is 5. The van der Waals surface area contributed by atoms with Crippen LogP contribution in [-0.2, 0) is 0 Å². The van der Waals surface area contributed by atoms with Crippen LogP contribution < -0.4 is 25.4 Å². The van der Waals surface area contributed by atoms with E-state index < -0.39 is 5.91 Å². The van der Waals surface area contributed by atoms with Gasteiger partial charge in [0.25, 0.3) is 11.8 Å². The third-order valence-electron chi connectivity index (χ3n) is 4.32. The van der Waals surface area contributed by atoms with E-state index in [1.165, 1.54) is 14.2 Å². The van der Waals surface area contributed by atoms with Crippen molar-refractivity contribution < 1.29 is 19.1 Å². The average Bonchev–Trinajstić information content (AvgIpc) is 2.80. The highest BCUT2D eigenvalue weighted by molar-refractivity contribution is 7.80. The Labute approximate surface area is 185 Å². The van der Waals surface area contributed by atoms with Gasteiger partial charge in [-0.15, -0.1) is 0 Å². The van der Waals surface area contributed by atoms with Crippen molar-refractivity contribution in [3.8, 4) is 11.5 Å². The van der Waals surface area contributed by atoms with Crippen LogP contribution in [0.15, 0.2) is 72.8 Å². The number of ether oxygens (including phenoxy) is 2. The third kappa shape index (κ3) is 5.58. The molecule has 158 valence electrons. The second-order valence-corrected chi connectivity index (χ2v) is 6.75. The van der Waals surface area contributed by atoms with Gasteiger partial charge in [0.2, 0.25) is 0 Å². The first-order valence-electron chi connectivity index (χ1n) is 9.31. The van der Waals surface area contributed by atoms with Crippen LogP contribution >= 0.6 is 12.2 Å². The monoisotopic (exact) mass is 435 g/mol. The van der Waals surface area contributed by atoms with Crippen LogP contribution in [0, 0.1) is 0 Å². The smallest absolute Gasteiger partial charge is 0.264 e. The Morgan fingerprint density at radius 1 is 0.710 bits per heavy atom. The number of thiocarbonyl (C=S) groups is 1. The Morgan fingerprint density at radius 2 is 1.26 bits per heavy atom. The van der Waals surface area contributed by atoms with Crippen LogP contribution in [0.25, 0.3) is 0 Å². The molecule has 0 saturated heterocycles. The topological polar surface area (TPSA) is 88.7 Å². The Hall–Kier alpha value is -3.91. The van der Waals surface area contributed by atoms with Crippen molar-refractivity contribution in [3.05, 3.63) is 83.9 Å². The molecule has 0 aliphatic heterocycles. The number of methoxy groups -OCH3 is 2. The van der Waals surface area contributed by atoms with E-state index in [0.29, 0.717) is 28.4 Å². The summed E-state index contributed by atoms with van der Waals surface area (Å²) in [7, 11) is 2.94. The summed E-state index contributed by atoms with van der Waals surface area (Å²) < 4.78 is 10.5. The first-order valence-corrected chi connectivity index (χ1v) is 9.72. The third-order valence-corrected chi connectivity index (χ3v) is 4.52. The predicted molar refractivity (Wildman–Crippen MR) is 124 cm³/mol. The fourth-order valence-corrected chi connectivity index (χ4v) is 3.04. The zero-order valence-electron chi connectivity index (χ0n) is 17.0. The molecule has 3 aromatic carbocycles. The molecule has 0 saturated carbocycles. The molecular weight excluding hydrogens is 414 g/mol. The molecule has 0 aromatic heterocycles. The summed E-state index contributed by atoms with van der Waals surface area (Å²) in [6.45, 7) is 0. The SMILES string of the molecule is COc1cccc(OC)c1C(=O)NC(=S)Nc1ccc(NC(=O)c2ccccc2)cc1. The maximum absolute atomic E-state index is 12.7. The molecule has 0 aliphatic rings. The van der Waals surface area contributed by atoms with E-state index in [2.05, 4.69) is 16.0 Å². The average molecular weight is 436 g/mol. The van der Waals surface area contributed by atoms with Crippen molar-refractivity contribution >= 4 is 40.5 Å². The summed E-state index contributed by atoms with van der Waals surface area (Å²) in [5.74, 6) is 0.0877. The number of carbonyl (C=O) groups excluding carboxylic acids is 2. The molecule has 0 atom stereocenters. The Morgan fingerprint density at radius 3 is 1.81 bits per heavy atom. The molecule has 3 N–H and O–H groups in total. The molecule has 0 heterocycles. The number of benzene rings is 3. The van der Waals surface area contributed by atoms with Gasteiger partial charge >= 0.3 is 0 Å². The maximum Gasteiger partial charge on any atom is 0.264 e. The first-order chi connectivity index (χ1) is 15.0. The number of hydrogen-bond donors (Lipinski definition) is 3. The maximum atomic E-state index is 12.7. The lowest BCUT2D eigenvalue weighted by molar-refractivity contribution is 0.0970. The summed E-state index contributed by atoms with van der Waals surface area (Å²) in [6, 6.07) is 20.9. The number of amides is 2. The van der Waals surface area contributed by atoms with Crippen molar-refractivity contribution in [1.29, 1.82) is 0 Å². The lowest BCUT2D eigenvalue weighted by Gasteiger charge is -2.14. The summed E-state index contributed by atoms with van der Waals surface area (Å²) in [4.78, 5) is 24.9. The van der Waals surface area contributed by atoms with E-state index >= 15 is 0 Å². The van der Waals surface area contributed by atoms with Gasteiger partial charge in [-0.2, -0.15) is 0 Å². The predicted octanol–water partition coefficient (Wildman–Crippen LogP) is 4.08. The molecule has 0 fully saturated rings. The molecule has 0 bridgehead atoms. The molecule has 8 heteroatoms. The van der Waals surface area contributed by atoms with Gasteiger partial charge in [-0.25, -0.2) is 0 Å². The van der Waals surface area contributed by atoms with Gasteiger partial charge < -0.3 is 20.1 Å². The molecule has 0 unspecified atom stereocenters. The van der Waals surface area contributed by atoms with Crippen molar-refractivity contribution in [1.82, 2.24) is 5.32 Å². The minimum Gasteiger partial charge on any atom is -0.496 e. The zero-order valence-corrected chi connectivity index (χ0v) is 17.8. The van der Waals surface area contributed by atoms with E-state index in [1.54, 1.807) is 66.7 Å². The van der Waals surface area contributed by atoms with Gasteiger partial charge in [-0.1, -0.05) is 24.3 Å². The van der Waals surface area contributed by atoms with Gasteiger partial charge in [0, 0.05) is 16.9 Å². The number of nitrogens with one attached hydrogen (secondary N) is 3. The van der Waals surface area contributed by atoms with Gasteiger partial charge in [-0.3, -0.25) is 14.9 Å². The second-order valence-electron chi connectivity index (χ2n) is 6.34. The van der Waals surface area contributed by atoms with E-state index in [9.17, 15) is 9.59 Å². The summed E-state index contributed by atoms with van der Waals surface area (Å²) in [5.41, 5.74) is 2.10. The Bertz CT molecular complexity index is 1060. The number of carbonyl (C=O) groups is 2. The molecule has 2 amide bonds. The van der Waals surface area contributed by atoms with Crippen LogP contribution in [0.4, 0.5) is 11.4 Å². The second kappa shape index (κ2) is 10.2. The van der Waals surface area contributed by atoms with Crippen LogP contribution in [0.3, 0.4) is 0 Å². The molecule has 0 aliphatic carbocycles. The quantitative estimate of drug-likeness (QED) is 0.506. The highest BCUT2D eigenvalue weighted by Crippen LogP contribution is 2.28. The van der Waals surface area contributed by atoms with Gasteiger partial charge in [0.05, 0.1) is 14.2 Å². The van der Waals surface area contributed by atoms with Crippen LogP contribution in [0.1, 0.15) is 20.7 Å². The summed E-state index contributed by atoms with van der Waals surface area (Å²) >= 11 is 5.24. The summed E-state index contributed by atoms with van der Waals surface area (Å²) in [6.07, 6.45) is 0. The van der Waals surface area contributed by atoms with E-state index in [4.69, 9.17) is 21.7 Å². The highest BCUT2D eigenvalue weighted by atomic mass is 32.1. The van der Waals surface area contributed by atoms with E-state index in [-0.39, 0.29) is 16.6 Å². The number of rotatable bonds is 6. The molecule has 31 heavy (non-hydrogen) atoms. The number of anilines is 2. The zero-order chi connectivity index (χ0) is 22.2. The van der Waals surface area contributed by atoms with E-state index in [1.807, 2.05) is 6.07 Å². The largest absolute Gasteiger partial charge is 0.496 e. The van der Waals surface area contributed by atoms with E-state index in [0.717, 1.165) is 0 Å². The lowest BCUT2D eigenvalue weighted by atomic mass is 10.1. The molecular formula is C23H21N3O4S. The minimum absolute atomic E-state index is 0.110. The van der Waals surface area contributed by atoms with Gasteiger partial charge in [-0.05, 0) is 60.7 Å². The minimum atomic E-state index is -0.460. The van der Waals surface area contributed by atoms with Gasteiger partial charge in [0.15, 0.2) is 5.11 Å². The normalized spacial score (nSPS) is 10.0. The van der Waals surface area contributed by atoms with Gasteiger partial charge in [0.1, 0.15) is 17.1 Å². The fourth-order valence-electron chi connectivity index (χ4n) is 2.83. The van der Waals surface area contributed by atoms with Crippen LogP contribution in [0.5, 0.6) is 11.5 Å². The Kier molecular flexibility index (Phi) is 7.18. The molecule has 7 nitrogen and oxygen atoms in total. The van der Waals surface area contributed by atoms with Crippen LogP contribution in [0.2, 0.25) is 0 Å². The standard InChI is InChI=1S/C23H21N3O4S/c1-29-18-9-6-10-19(30-2)20(18)22(28)26-23(31)25-17-13-11-16(12-14-17)24-21(27)15-7-4-3-5-8-15/h3-14H,1-2H3,(H,24,27)(H2,25,26,28,31). The molecule has 3 rings (SSSR count). The first kappa shape index (κ1) is 21.8. The molecule has 0 spiro atoms. The van der Waals surface area contributed by atoms with Crippen molar-refractivity contribution in [3.63, 3.8) is 0 Å². The molecule has 0 radical (unpaired) electrons. The van der Waals surface area contributed by atoms with Crippen molar-refractivity contribution in [2.75, 3.05) is 24.9 Å². The lowest BCUT2D eigenvalue weighted by Crippen LogP contribution is -2.34. The van der Waals surface area contributed by atoms with Crippen molar-refractivity contribution in [2.24, 2.45) is 0 Å². The summed E-state index contributed by atoms with van der Waals surface area (Å²) in [5, 5.41) is 8.48. The van der Waals surface area contributed by atoms with Crippen molar-refractivity contribution in [2.45, 2.75) is 0 Å². The Balaban J connectivity index is 1.61. The molecule has 3 aromatic rings. The van der Waals surface area contributed by atoms with Crippen LogP contribution in [-0.4, -0.2) is 31.1 Å². The fraction of sp³-hybridized carbons (Fsp3) is 0.0870.